The minimum absolute atomic E-state index is 0.147. The number of hydrogen-bond donors (Lipinski definition) is 2. The molecule has 0 aliphatic rings. The first-order valence-electron chi connectivity index (χ1n) is 6.58. The topological polar surface area (TPSA) is 58.4 Å². The third-order valence-electron chi connectivity index (χ3n) is 3.16. The maximum atomic E-state index is 13.8. The summed E-state index contributed by atoms with van der Waals surface area (Å²) in [4.78, 5) is 14.0. The van der Waals surface area contributed by atoms with Crippen molar-refractivity contribution in [2.75, 3.05) is 24.3 Å². The molecule has 5 heteroatoms. The summed E-state index contributed by atoms with van der Waals surface area (Å²) in [5, 5.41) is 2.56. The quantitative estimate of drug-likeness (QED) is 0.908. The number of amides is 1. The van der Waals surface area contributed by atoms with E-state index in [4.69, 9.17) is 5.73 Å². The Kier molecular flexibility index (Phi) is 4.55. The van der Waals surface area contributed by atoms with Crippen molar-refractivity contribution in [3.8, 4) is 0 Å². The number of nitrogens with zero attached hydrogens (tertiary/aromatic N) is 1. The predicted molar refractivity (Wildman–Crippen MR) is 83.0 cm³/mol. The Hall–Kier alpha value is -2.40. The van der Waals surface area contributed by atoms with E-state index in [2.05, 4.69) is 5.32 Å². The van der Waals surface area contributed by atoms with Crippen molar-refractivity contribution >= 4 is 17.3 Å². The molecule has 0 aliphatic carbocycles. The second-order valence-electron chi connectivity index (χ2n) is 4.91. The van der Waals surface area contributed by atoms with Crippen molar-refractivity contribution in [2.24, 2.45) is 5.73 Å². The largest absolute Gasteiger partial charge is 0.378 e. The SMILES string of the molecule is CN(C)c1ccc(C(=O)Nc2ccc(CN)cc2F)cc1. The molecule has 2 aromatic carbocycles. The zero-order chi connectivity index (χ0) is 15.4. The molecule has 0 bridgehead atoms. The zero-order valence-electron chi connectivity index (χ0n) is 12.1. The standard InChI is InChI=1S/C16H18FN3O/c1-20(2)13-6-4-12(5-7-13)16(21)19-15-8-3-11(10-18)9-14(15)17/h3-9H,10,18H2,1-2H3,(H,19,21). The van der Waals surface area contributed by atoms with Gasteiger partial charge in [0.25, 0.3) is 5.91 Å². The summed E-state index contributed by atoms with van der Waals surface area (Å²) in [5.74, 6) is -0.837. The maximum absolute atomic E-state index is 13.8. The molecule has 0 saturated carbocycles. The number of hydrogen-bond acceptors (Lipinski definition) is 3. The summed E-state index contributed by atoms with van der Waals surface area (Å²) in [7, 11) is 3.84. The van der Waals surface area contributed by atoms with E-state index in [1.165, 1.54) is 12.1 Å². The molecular weight excluding hydrogens is 269 g/mol. The van der Waals surface area contributed by atoms with Crippen LogP contribution in [0.3, 0.4) is 0 Å². The molecule has 21 heavy (non-hydrogen) atoms. The number of nitrogens with two attached hydrogens (primary N) is 1. The fourth-order valence-electron chi connectivity index (χ4n) is 1.89. The molecule has 0 heterocycles. The number of carbonyl (C=O) groups is 1. The first-order chi connectivity index (χ1) is 10.0. The second kappa shape index (κ2) is 6.37. The third kappa shape index (κ3) is 3.58. The van der Waals surface area contributed by atoms with Crippen LogP contribution in [-0.4, -0.2) is 20.0 Å². The molecule has 3 N–H and O–H groups in total. The lowest BCUT2D eigenvalue weighted by Gasteiger charge is -2.13. The molecule has 0 aromatic heterocycles. The molecule has 0 spiro atoms. The smallest absolute Gasteiger partial charge is 0.255 e. The molecule has 0 fully saturated rings. The molecule has 2 rings (SSSR count). The van der Waals surface area contributed by atoms with E-state index in [1.54, 1.807) is 18.2 Å². The van der Waals surface area contributed by atoms with Crippen molar-refractivity contribution in [1.82, 2.24) is 0 Å². The Morgan fingerprint density at radius 3 is 2.38 bits per heavy atom. The van der Waals surface area contributed by atoms with Gasteiger partial charge in [-0.05, 0) is 42.0 Å². The minimum atomic E-state index is -0.490. The van der Waals surface area contributed by atoms with Crippen LogP contribution in [0.2, 0.25) is 0 Å². The monoisotopic (exact) mass is 287 g/mol. The molecule has 2 aromatic rings. The van der Waals surface area contributed by atoms with E-state index in [0.717, 1.165) is 5.69 Å². The van der Waals surface area contributed by atoms with Gasteiger partial charge in [0, 0.05) is 31.9 Å². The molecule has 110 valence electrons. The number of carbonyl (C=O) groups excluding carboxylic acids is 1. The van der Waals surface area contributed by atoms with E-state index >= 15 is 0 Å². The summed E-state index contributed by atoms with van der Waals surface area (Å²) in [6, 6.07) is 11.6. The van der Waals surface area contributed by atoms with Crippen LogP contribution in [0.5, 0.6) is 0 Å². The summed E-state index contributed by atoms with van der Waals surface area (Å²) < 4.78 is 13.8. The summed E-state index contributed by atoms with van der Waals surface area (Å²) in [6.07, 6.45) is 0. The van der Waals surface area contributed by atoms with Gasteiger partial charge in [-0.1, -0.05) is 6.07 Å². The molecular formula is C16H18FN3O. The first kappa shape index (κ1) is 15.0. The van der Waals surface area contributed by atoms with E-state index in [1.807, 2.05) is 31.1 Å². The Morgan fingerprint density at radius 2 is 1.86 bits per heavy atom. The number of anilines is 2. The van der Waals surface area contributed by atoms with Crippen molar-refractivity contribution in [3.05, 3.63) is 59.4 Å². The molecule has 0 saturated heterocycles. The third-order valence-corrected chi connectivity index (χ3v) is 3.16. The van der Waals surface area contributed by atoms with Gasteiger partial charge >= 0.3 is 0 Å². The molecule has 0 atom stereocenters. The van der Waals surface area contributed by atoms with Crippen molar-refractivity contribution in [3.63, 3.8) is 0 Å². The van der Waals surface area contributed by atoms with Gasteiger partial charge in [-0.25, -0.2) is 4.39 Å². The van der Waals surface area contributed by atoms with Crippen LogP contribution in [0.15, 0.2) is 42.5 Å². The lowest BCUT2D eigenvalue weighted by atomic mass is 10.1. The van der Waals surface area contributed by atoms with Gasteiger partial charge in [0.1, 0.15) is 5.82 Å². The van der Waals surface area contributed by atoms with Crippen LogP contribution < -0.4 is 16.0 Å². The van der Waals surface area contributed by atoms with Gasteiger partial charge in [0.05, 0.1) is 5.69 Å². The first-order valence-corrected chi connectivity index (χ1v) is 6.58. The van der Waals surface area contributed by atoms with E-state index in [9.17, 15) is 9.18 Å². The highest BCUT2D eigenvalue weighted by Crippen LogP contribution is 2.18. The molecule has 0 aliphatic heterocycles. The second-order valence-corrected chi connectivity index (χ2v) is 4.91. The van der Waals surface area contributed by atoms with Crippen LogP contribution in [0.1, 0.15) is 15.9 Å². The van der Waals surface area contributed by atoms with Gasteiger partial charge in [-0.15, -0.1) is 0 Å². The highest BCUT2D eigenvalue weighted by Gasteiger charge is 2.10. The minimum Gasteiger partial charge on any atom is -0.378 e. The summed E-state index contributed by atoms with van der Waals surface area (Å²) in [5.41, 5.74) is 7.74. The van der Waals surface area contributed by atoms with Crippen LogP contribution in [0, 0.1) is 5.82 Å². The number of halogens is 1. The number of rotatable bonds is 4. The Bertz CT molecular complexity index is 638. The van der Waals surface area contributed by atoms with Crippen molar-refractivity contribution in [1.29, 1.82) is 0 Å². The van der Waals surface area contributed by atoms with Gasteiger partial charge in [0.15, 0.2) is 0 Å². The maximum Gasteiger partial charge on any atom is 0.255 e. The van der Waals surface area contributed by atoms with Crippen molar-refractivity contribution in [2.45, 2.75) is 6.54 Å². The number of benzene rings is 2. The summed E-state index contributed by atoms with van der Waals surface area (Å²) >= 11 is 0. The highest BCUT2D eigenvalue weighted by molar-refractivity contribution is 6.04. The van der Waals surface area contributed by atoms with E-state index < -0.39 is 5.82 Å². The highest BCUT2D eigenvalue weighted by atomic mass is 19.1. The van der Waals surface area contributed by atoms with Crippen molar-refractivity contribution < 1.29 is 9.18 Å². The lowest BCUT2D eigenvalue weighted by molar-refractivity contribution is 0.102. The summed E-state index contributed by atoms with van der Waals surface area (Å²) in [6.45, 7) is 0.261. The molecule has 1 amide bonds. The predicted octanol–water partition coefficient (Wildman–Crippen LogP) is 2.60. The van der Waals surface area contributed by atoms with Crippen LogP contribution in [-0.2, 0) is 6.54 Å². The zero-order valence-corrected chi connectivity index (χ0v) is 12.1. The van der Waals surface area contributed by atoms with Gasteiger partial charge in [0.2, 0.25) is 0 Å². The Morgan fingerprint density at radius 1 is 1.19 bits per heavy atom. The Labute approximate surface area is 123 Å². The fraction of sp³-hybridized carbons (Fsp3) is 0.188. The molecule has 0 unspecified atom stereocenters. The van der Waals surface area contributed by atoms with E-state index in [-0.39, 0.29) is 18.1 Å². The van der Waals surface area contributed by atoms with Crippen LogP contribution in [0.4, 0.5) is 15.8 Å². The van der Waals surface area contributed by atoms with Gasteiger partial charge < -0.3 is 16.0 Å². The Balaban J connectivity index is 2.14. The number of nitrogens with one attached hydrogen (secondary N) is 1. The average molecular weight is 287 g/mol. The van der Waals surface area contributed by atoms with Crippen LogP contribution >= 0.6 is 0 Å². The van der Waals surface area contributed by atoms with Gasteiger partial charge in [-0.3, -0.25) is 4.79 Å². The van der Waals surface area contributed by atoms with Gasteiger partial charge in [-0.2, -0.15) is 0 Å². The van der Waals surface area contributed by atoms with E-state index in [0.29, 0.717) is 11.1 Å². The lowest BCUT2D eigenvalue weighted by Crippen LogP contribution is -2.14. The molecule has 4 nitrogen and oxygen atoms in total. The average Bonchev–Trinajstić information content (AvgIpc) is 2.49. The molecule has 0 radical (unpaired) electrons. The fourth-order valence-corrected chi connectivity index (χ4v) is 1.89. The normalized spacial score (nSPS) is 10.3. The van der Waals surface area contributed by atoms with Crippen LogP contribution in [0.25, 0.3) is 0 Å².